The molecule has 0 heterocycles. The minimum absolute atomic E-state index is 0.639. The van der Waals surface area contributed by atoms with Gasteiger partial charge in [0, 0.05) is 24.3 Å². The number of nitrogens with one attached hydrogen (secondary N) is 1. The second-order valence-corrected chi connectivity index (χ2v) is 4.91. The van der Waals surface area contributed by atoms with Crippen molar-refractivity contribution >= 4 is 11.8 Å². The summed E-state index contributed by atoms with van der Waals surface area (Å²) in [6, 6.07) is 2.83. The van der Waals surface area contributed by atoms with Crippen molar-refractivity contribution in [1.29, 1.82) is 5.26 Å². The van der Waals surface area contributed by atoms with Gasteiger partial charge in [-0.2, -0.15) is 17.0 Å². The summed E-state index contributed by atoms with van der Waals surface area (Å²) in [5.74, 6) is 1.21. The van der Waals surface area contributed by atoms with Crippen LogP contribution >= 0.6 is 11.8 Å². The van der Waals surface area contributed by atoms with E-state index in [-0.39, 0.29) is 0 Å². The van der Waals surface area contributed by atoms with E-state index in [0.29, 0.717) is 12.5 Å². The van der Waals surface area contributed by atoms with Gasteiger partial charge in [-0.05, 0) is 18.6 Å². The molecule has 13 heavy (non-hydrogen) atoms. The lowest BCUT2D eigenvalue weighted by Gasteiger charge is -2.19. The largest absolute Gasteiger partial charge is 0.312 e. The zero-order valence-electron chi connectivity index (χ0n) is 8.25. The average molecular weight is 198 g/mol. The topological polar surface area (TPSA) is 35.8 Å². The molecule has 1 fully saturated rings. The van der Waals surface area contributed by atoms with Crippen molar-refractivity contribution in [1.82, 2.24) is 5.32 Å². The van der Waals surface area contributed by atoms with Crippen molar-refractivity contribution in [2.45, 2.75) is 43.9 Å². The Hall–Kier alpha value is -0.200. The molecule has 2 atom stereocenters. The number of nitriles is 1. The van der Waals surface area contributed by atoms with Gasteiger partial charge in [0.05, 0.1) is 6.07 Å². The normalized spacial score (nSPS) is 27.4. The molecule has 0 spiro atoms. The maximum Gasteiger partial charge on any atom is 0.0635 e. The number of hydrogen-bond acceptors (Lipinski definition) is 3. The molecule has 1 aliphatic carbocycles. The molecule has 3 heteroatoms. The van der Waals surface area contributed by atoms with Gasteiger partial charge in [-0.3, -0.25) is 0 Å². The van der Waals surface area contributed by atoms with Crippen LogP contribution in [0.3, 0.4) is 0 Å². The summed E-state index contributed by atoms with van der Waals surface area (Å²) in [5, 5.41) is 12.7. The second-order valence-electron chi connectivity index (χ2n) is 3.39. The molecule has 1 aliphatic rings. The van der Waals surface area contributed by atoms with Crippen LogP contribution in [0, 0.1) is 11.3 Å². The second kappa shape index (κ2) is 6.28. The third-order valence-corrected chi connectivity index (χ3v) is 3.80. The molecule has 0 saturated heterocycles. The molecule has 0 aromatic rings. The van der Waals surface area contributed by atoms with Crippen LogP contribution < -0.4 is 5.32 Å². The molecule has 0 aromatic carbocycles. The summed E-state index contributed by atoms with van der Waals surface area (Å²) in [7, 11) is 0. The van der Waals surface area contributed by atoms with Crippen molar-refractivity contribution in [3.8, 4) is 6.07 Å². The van der Waals surface area contributed by atoms with Gasteiger partial charge in [0.25, 0.3) is 0 Å². The lowest BCUT2D eigenvalue weighted by molar-refractivity contribution is 0.540. The number of nitrogens with zero attached hydrogens (tertiary/aromatic N) is 1. The average Bonchev–Trinajstić information content (AvgIpc) is 2.54. The van der Waals surface area contributed by atoms with Crippen molar-refractivity contribution in [3.05, 3.63) is 0 Å². The van der Waals surface area contributed by atoms with Gasteiger partial charge >= 0.3 is 0 Å². The molecule has 1 rings (SSSR count). The molecule has 2 nitrogen and oxygen atoms in total. The Morgan fingerprint density at radius 2 is 2.38 bits per heavy atom. The molecule has 0 amide bonds. The molecule has 2 unspecified atom stereocenters. The fourth-order valence-electron chi connectivity index (χ4n) is 1.89. The Bertz CT molecular complexity index is 176. The predicted octanol–water partition coefficient (Wildman–Crippen LogP) is 2.16. The minimum atomic E-state index is 0.639. The molecule has 1 saturated carbocycles. The van der Waals surface area contributed by atoms with E-state index in [1.165, 1.54) is 25.0 Å². The van der Waals surface area contributed by atoms with Crippen LogP contribution in [0.4, 0.5) is 0 Å². The number of thioether (sulfide) groups is 1. The van der Waals surface area contributed by atoms with E-state index in [0.717, 1.165) is 11.8 Å². The number of rotatable bonds is 5. The summed E-state index contributed by atoms with van der Waals surface area (Å²) in [4.78, 5) is 0. The van der Waals surface area contributed by atoms with Gasteiger partial charge < -0.3 is 5.32 Å². The highest BCUT2D eigenvalue weighted by molar-refractivity contribution is 7.99. The Kier molecular flexibility index (Phi) is 5.26. The van der Waals surface area contributed by atoms with E-state index in [2.05, 4.69) is 30.1 Å². The van der Waals surface area contributed by atoms with E-state index < -0.39 is 0 Å². The third-order valence-electron chi connectivity index (χ3n) is 2.48. The zero-order valence-corrected chi connectivity index (χ0v) is 9.07. The molecule has 0 aromatic heterocycles. The Morgan fingerprint density at radius 3 is 3.08 bits per heavy atom. The highest BCUT2D eigenvalue weighted by Crippen LogP contribution is 2.29. The monoisotopic (exact) mass is 198 g/mol. The first kappa shape index (κ1) is 10.9. The van der Waals surface area contributed by atoms with E-state index >= 15 is 0 Å². The van der Waals surface area contributed by atoms with Crippen molar-refractivity contribution in [3.63, 3.8) is 0 Å². The first-order chi connectivity index (χ1) is 6.38. The predicted molar refractivity (Wildman–Crippen MR) is 57.8 cm³/mol. The van der Waals surface area contributed by atoms with Crippen LogP contribution in [0.25, 0.3) is 0 Å². The van der Waals surface area contributed by atoms with Gasteiger partial charge in [0.2, 0.25) is 0 Å². The first-order valence-corrected chi connectivity index (χ1v) is 6.15. The van der Waals surface area contributed by atoms with E-state index in [4.69, 9.17) is 5.26 Å². The molecular weight excluding hydrogens is 180 g/mol. The molecule has 0 aliphatic heterocycles. The fraction of sp³-hybridized carbons (Fsp3) is 0.900. The maximum absolute atomic E-state index is 8.41. The van der Waals surface area contributed by atoms with Crippen LogP contribution in [0.2, 0.25) is 0 Å². The molecular formula is C10H18N2S. The van der Waals surface area contributed by atoms with Crippen LogP contribution in [0.1, 0.15) is 32.6 Å². The Balaban J connectivity index is 2.19. The number of hydrogen-bond donors (Lipinski definition) is 1. The van der Waals surface area contributed by atoms with Crippen LogP contribution in [-0.4, -0.2) is 23.6 Å². The van der Waals surface area contributed by atoms with E-state index in [9.17, 15) is 0 Å². The smallest absolute Gasteiger partial charge is 0.0635 e. The zero-order chi connectivity index (χ0) is 9.52. The van der Waals surface area contributed by atoms with Gasteiger partial charge in [0.1, 0.15) is 0 Å². The fourth-order valence-corrected chi connectivity index (χ4v) is 3.11. The van der Waals surface area contributed by atoms with Crippen molar-refractivity contribution in [2.24, 2.45) is 0 Å². The molecule has 74 valence electrons. The lowest BCUT2D eigenvalue weighted by atomic mass is 10.2. The van der Waals surface area contributed by atoms with Crippen molar-refractivity contribution < 1.29 is 0 Å². The Labute approximate surface area is 85.1 Å². The van der Waals surface area contributed by atoms with Gasteiger partial charge in [-0.1, -0.05) is 13.3 Å². The molecule has 0 radical (unpaired) electrons. The van der Waals surface area contributed by atoms with Gasteiger partial charge in [0.15, 0.2) is 0 Å². The Morgan fingerprint density at radius 1 is 1.54 bits per heavy atom. The van der Waals surface area contributed by atoms with Crippen LogP contribution in [-0.2, 0) is 0 Å². The standard InChI is InChI=1S/C10H18N2S/c1-2-13-10-6-3-5-9(10)12-8-4-7-11/h9-10,12H,2-6,8H2,1H3. The summed E-state index contributed by atoms with van der Waals surface area (Å²) >= 11 is 2.06. The van der Waals surface area contributed by atoms with Gasteiger partial charge in [-0.15, -0.1) is 0 Å². The highest BCUT2D eigenvalue weighted by Gasteiger charge is 2.25. The molecule has 0 bridgehead atoms. The maximum atomic E-state index is 8.41. The van der Waals surface area contributed by atoms with Gasteiger partial charge in [-0.25, -0.2) is 0 Å². The summed E-state index contributed by atoms with van der Waals surface area (Å²) < 4.78 is 0. The third kappa shape index (κ3) is 3.58. The van der Waals surface area contributed by atoms with Crippen LogP contribution in [0.15, 0.2) is 0 Å². The van der Waals surface area contributed by atoms with E-state index in [1.54, 1.807) is 0 Å². The lowest BCUT2D eigenvalue weighted by Crippen LogP contribution is -2.34. The van der Waals surface area contributed by atoms with E-state index in [1.807, 2.05) is 0 Å². The molecule has 1 N–H and O–H groups in total. The summed E-state index contributed by atoms with van der Waals surface area (Å²) in [6.45, 7) is 3.08. The summed E-state index contributed by atoms with van der Waals surface area (Å²) in [5.41, 5.74) is 0. The minimum Gasteiger partial charge on any atom is -0.312 e. The SMILES string of the molecule is CCSC1CCCC1NCCC#N. The van der Waals surface area contributed by atoms with Crippen molar-refractivity contribution in [2.75, 3.05) is 12.3 Å². The first-order valence-electron chi connectivity index (χ1n) is 5.10. The highest BCUT2D eigenvalue weighted by atomic mass is 32.2. The van der Waals surface area contributed by atoms with Crippen LogP contribution in [0.5, 0.6) is 0 Å². The summed E-state index contributed by atoms with van der Waals surface area (Å²) in [6.07, 6.45) is 4.63. The quantitative estimate of drug-likeness (QED) is 0.688.